The fraction of sp³-hybridized carbons (Fsp3) is 0.182. The average Bonchev–Trinajstić information content (AvgIpc) is 2.74. The molecule has 0 aliphatic carbocycles. The molecule has 6 nitrogen and oxygen atoms in total. The Morgan fingerprint density at radius 3 is 2.82 bits per heavy atom. The van der Waals surface area contributed by atoms with Crippen LogP contribution in [0.5, 0.6) is 0 Å². The Labute approximate surface area is 99.2 Å². The SMILES string of the molecule is Cn1ncnc1CN=C(N)Nc1ccccc1. The van der Waals surface area contributed by atoms with Crippen LogP contribution in [0.1, 0.15) is 5.82 Å². The molecule has 88 valence electrons. The van der Waals surface area contributed by atoms with Crippen LogP contribution in [-0.4, -0.2) is 20.7 Å². The second kappa shape index (κ2) is 5.11. The summed E-state index contributed by atoms with van der Waals surface area (Å²) in [6.07, 6.45) is 1.49. The predicted molar refractivity (Wildman–Crippen MR) is 66.4 cm³/mol. The fourth-order valence-corrected chi connectivity index (χ4v) is 1.33. The van der Waals surface area contributed by atoms with E-state index in [1.807, 2.05) is 37.4 Å². The molecule has 0 amide bonds. The predicted octanol–water partition coefficient (Wildman–Crippen LogP) is 0.742. The van der Waals surface area contributed by atoms with Gasteiger partial charge >= 0.3 is 0 Å². The Balaban J connectivity index is 1.97. The Hall–Kier alpha value is -2.37. The highest BCUT2D eigenvalue weighted by molar-refractivity contribution is 5.92. The number of nitrogens with one attached hydrogen (secondary N) is 1. The van der Waals surface area contributed by atoms with E-state index in [1.165, 1.54) is 6.33 Å². The highest BCUT2D eigenvalue weighted by atomic mass is 15.3. The summed E-state index contributed by atoms with van der Waals surface area (Å²) >= 11 is 0. The number of aliphatic imine (C=N–C) groups is 1. The maximum Gasteiger partial charge on any atom is 0.193 e. The molecule has 0 aliphatic rings. The summed E-state index contributed by atoms with van der Waals surface area (Å²) in [4.78, 5) is 8.24. The molecular formula is C11H14N6. The van der Waals surface area contributed by atoms with Crippen LogP contribution in [0.4, 0.5) is 5.69 Å². The number of nitrogens with zero attached hydrogens (tertiary/aromatic N) is 4. The van der Waals surface area contributed by atoms with E-state index in [0.717, 1.165) is 11.5 Å². The van der Waals surface area contributed by atoms with Gasteiger partial charge in [0, 0.05) is 12.7 Å². The van der Waals surface area contributed by atoms with Gasteiger partial charge in [0.1, 0.15) is 18.7 Å². The lowest BCUT2D eigenvalue weighted by Gasteiger charge is -2.04. The van der Waals surface area contributed by atoms with Gasteiger partial charge < -0.3 is 11.1 Å². The third-order valence-corrected chi connectivity index (χ3v) is 2.24. The molecule has 0 radical (unpaired) electrons. The number of aryl methyl sites for hydroxylation is 1. The smallest absolute Gasteiger partial charge is 0.193 e. The Bertz CT molecular complexity index is 502. The Kier molecular flexibility index (Phi) is 3.34. The number of anilines is 1. The Morgan fingerprint density at radius 1 is 1.41 bits per heavy atom. The van der Waals surface area contributed by atoms with Crippen LogP contribution in [0.15, 0.2) is 41.7 Å². The van der Waals surface area contributed by atoms with E-state index < -0.39 is 0 Å². The van der Waals surface area contributed by atoms with Crippen molar-refractivity contribution in [2.75, 3.05) is 5.32 Å². The van der Waals surface area contributed by atoms with Gasteiger partial charge in [-0.1, -0.05) is 18.2 Å². The summed E-state index contributed by atoms with van der Waals surface area (Å²) in [5.41, 5.74) is 6.66. The third-order valence-electron chi connectivity index (χ3n) is 2.24. The third kappa shape index (κ3) is 3.04. The zero-order valence-electron chi connectivity index (χ0n) is 9.54. The molecule has 1 aromatic heterocycles. The summed E-state index contributed by atoms with van der Waals surface area (Å²) in [5, 5.41) is 6.95. The molecule has 0 saturated carbocycles. The monoisotopic (exact) mass is 230 g/mol. The van der Waals surface area contributed by atoms with Crippen molar-refractivity contribution >= 4 is 11.6 Å². The first kappa shape index (κ1) is 11.1. The molecule has 0 spiro atoms. The van der Waals surface area contributed by atoms with Gasteiger partial charge in [0.05, 0.1) is 0 Å². The van der Waals surface area contributed by atoms with Crippen LogP contribution in [0.25, 0.3) is 0 Å². The van der Waals surface area contributed by atoms with Crippen molar-refractivity contribution in [3.8, 4) is 0 Å². The van der Waals surface area contributed by atoms with Crippen LogP contribution >= 0.6 is 0 Å². The van der Waals surface area contributed by atoms with E-state index in [4.69, 9.17) is 5.73 Å². The van der Waals surface area contributed by atoms with Crippen molar-refractivity contribution in [2.45, 2.75) is 6.54 Å². The molecule has 6 heteroatoms. The zero-order valence-corrected chi connectivity index (χ0v) is 9.54. The van der Waals surface area contributed by atoms with E-state index in [9.17, 15) is 0 Å². The quantitative estimate of drug-likeness (QED) is 0.602. The summed E-state index contributed by atoms with van der Waals surface area (Å²) in [6.45, 7) is 0.405. The second-order valence-electron chi connectivity index (χ2n) is 3.49. The van der Waals surface area contributed by atoms with E-state index >= 15 is 0 Å². The first-order valence-electron chi connectivity index (χ1n) is 5.20. The Morgan fingerprint density at radius 2 is 2.18 bits per heavy atom. The lowest BCUT2D eigenvalue weighted by molar-refractivity contribution is 0.702. The zero-order chi connectivity index (χ0) is 12.1. The second-order valence-corrected chi connectivity index (χ2v) is 3.49. The van der Waals surface area contributed by atoms with Crippen molar-refractivity contribution in [3.63, 3.8) is 0 Å². The number of aromatic nitrogens is 3. The number of nitrogens with two attached hydrogens (primary N) is 1. The normalized spacial score (nSPS) is 11.5. The van der Waals surface area contributed by atoms with Crippen molar-refractivity contribution in [1.29, 1.82) is 0 Å². The molecule has 0 saturated heterocycles. The van der Waals surface area contributed by atoms with E-state index in [1.54, 1.807) is 4.68 Å². The molecule has 17 heavy (non-hydrogen) atoms. The standard InChI is InChI=1S/C11H14N6/c1-17-10(14-8-15-17)7-13-11(12)16-9-5-3-2-4-6-9/h2-6,8H,7H2,1H3,(H3,12,13,16). The highest BCUT2D eigenvalue weighted by Gasteiger charge is 1.99. The molecule has 3 N–H and O–H groups in total. The van der Waals surface area contributed by atoms with Gasteiger partial charge in [0.2, 0.25) is 0 Å². The molecule has 0 aliphatic heterocycles. The molecular weight excluding hydrogens is 216 g/mol. The highest BCUT2D eigenvalue weighted by Crippen LogP contribution is 2.04. The maximum atomic E-state index is 5.75. The largest absolute Gasteiger partial charge is 0.370 e. The van der Waals surface area contributed by atoms with Crippen LogP contribution in [0, 0.1) is 0 Å². The van der Waals surface area contributed by atoms with Crippen LogP contribution in [0.3, 0.4) is 0 Å². The first-order chi connectivity index (χ1) is 8.25. The van der Waals surface area contributed by atoms with Gasteiger partial charge in [-0.3, -0.25) is 4.68 Å². The number of rotatable bonds is 3. The van der Waals surface area contributed by atoms with Gasteiger partial charge in [-0.05, 0) is 12.1 Å². The molecule has 1 aromatic carbocycles. The van der Waals surface area contributed by atoms with Crippen LogP contribution in [0.2, 0.25) is 0 Å². The summed E-state index contributed by atoms with van der Waals surface area (Å²) < 4.78 is 1.67. The molecule has 1 heterocycles. The van der Waals surface area contributed by atoms with Gasteiger partial charge in [0.25, 0.3) is 0 Å². The van der Waals surface area contributed by atoms with Gasteiger partial charge in [-0.15, -0.1) is 0 Å². The van der Waals surface area contributed by atoms with Crippen LogP contribution in [-0.2, 0) is 13.6 Å². The molecule has 0 bridgehead atoms. The first-order valence-corrected chi connectivity index (χ1v) is 5.20. The minimum absolute atomic E-state index is 0.360. The number of hydrogen-bond acceptors (Lipinski definition) is 3. The topological polar surface area (TPSA) is 81.1 Å². The number of para-hydroxylation sites is 1. The molecule has 2 rings (SSSR count). The van der Waals surface area contributed by atoms with E-state index in [0.29, 0.717) is 12.5 Å². The number of hydrogen-bond donors (Lipinski definition) is 2. The van der Waals surface area contributed by atoms with Gasteiger partial charge in [-0.25, -0.2) is 9.98 Å². The molecule has 0 unspecified atom stereocenters. The van der Waals surface area contributed by atoms with E-state index in [-0.39, 0.29) is 0 Å². The van der Waals surface area contributed by atoms with Crippen molar-refractivity contribution in [2.24, 2.45) is 17.8 Å². The summed E-state index contributed by atoms with van der Waals surface area (Å²) in [6, 6.07) is 9.64. The van der Waals surface area contributed by atoms with Gasteiger partial charge in [0.15, 0.2) is 5.96 Å². The minimum atomic E-state index is 0.360. The van der Waals surface area contributed by atoms with E-state index in [2.05, 4.69) is 20.4 Å². The molecule has 2 aromatic rings. The van der Waals surface area contributed by atoms with Gasteiger partial charge in [-0.2, -0.15) is 5.10 Å². The van der Waals surface area contributed by atoms with Crippen molar-refractivity contribution in [1.82, 2.24) is 14.8 Å². The molecule has 0 fully saturated rings. The van der Waals surface area contributed by atoms with Crippen LogP contribution < -0.4 is 11.1 Å². The van der Waals surface area contributed by atoms with Crippen molar-refractivity contribution in [3.05, 3.63) is 42.5 Å². The molecule has 0 atom stereocenters. The summed E-state index contributed by atoms with van der Waals surface area (Å²) in [5.74, 6) is 1.13. The summed E-state index contributed by atoms with van der Waals surface area (Å²) in [7, 11) is 1.82. The fourth-order valence-electron chi connectivity index (χ4n) is 1.33. The maximum absolute atomic E-state index is 5.75. The average molecular weight is 230 g/mol. The minimum Gasteiger partial charge on any atom is -0.370 e. The van der Waals surface area contributed by atoms with Crippen molar-refractivity contribution < 1.29 is 0 Å². The number of guanidine groups is 1. The lowest BCUT2D eigenvalue weighted by Crippen LogP contribution is -2.22. The number of benzene rings is 1. The lowest BCUT2D eigenvalue weighted by atomic mass is 10.3.